The van der Waals surface area contributed by atoms with Crippen LogP contribution in [0.15, 0.2) is 18.2 Å². The Hall–Kier alpha value is -1.66. The van der Waals surface area contributed by atoms with Crippen LogP contribution in [0.25, 0.3) is 0 Å². The maximum atomic E-state index is 13.0. The molecule has 22 heavy (non-hydrogen) atoms. The maximum absolute atomic E-state index is 13.0. The van der Waals surface area contributed by atoms with Crippen molar-refractivity contribution in [1.82, 2.24) is 9.80 Å². The van der Waals surface area contributed by atoms with Gasteiger partial charge in [0.2, 0.25) is 5.91 Å². The van der Waals surface area contributed by atoms with Crippen LogP contribution in [0, 0.1) is 5.82 Å². The molecular weight excluding hydrogens is 309 g/mol. The Morgan fingerprint density at radius 3 is 2.27 bits per heavy atom. The highest BCUT2D eigenvalue weighted by Crippen LogP contribution is 2.34. The molecule has 1 saturated heterocycles. The van der Waals surface area contributed by atoms with Crippen molar-refractivity contribution in [2.45, 2.75) is 18.4 Å². The van der Waals surface area contributed by atoms with Crippen molar-refractivity contribution in [3.63, 3.8) is 0 Å². The second kappa shape index (κ2) is 5.52. The van der Waals surface area contributed by atoms with Gasteiger partial charge in [-0.1, -0.05) is 11.6 Å². The van der Waals surface area contributed by atoms with E-state index in [1.54, 1.807) is 9.80 Å². The number of benzene rings is 1. The van der Waals surface area contributed by atoms with Gasteiger partial charge in [-0.3, -0.25) is 9.59 Å². The maximum Gasteiger partial charge on any atom is 0.255 e. The van der Waals surface area contributed by atoms with Crippen LogP contribution < -0.4 is 5.73 Å². The third-order valence-electron chi connectivity index (χ3n) is 4.23. The largest absolute Gasteiger partial charge is 0.338 e. The van der Waals surface area contributed by atoms with Crippen molar-refractivity contribution in [3.8, 4) is 0 Å². The number of amides is 2. The Kier molecular flexibility index (Phi) is 3.82. The number of nitrogens with two attached hydrogens (primary N) is 1. The van der Waals surface area contributed by atoms with E-state index in [0.29, 0.717) is 26.2 Å². The molecule has 3 rings (SSSR count). The number of hydrogen-bond acceptors (Lipinski definition) is 3. The number of halogens is 2. The van der Waals surface area contributed by atoms with E-state index < -0.39 is 11.4 Å². The molecule has 1 aromatic carbocycles. The summed E-state index contributed by atoms with van der Waals surface area (Å²) < 4.78 is 13.0. The van der Waals surface area contributed by atoms with E-state index in [4.69, 9.17) is 17.3 Å². The normalized spacial score (nSPS) is 20.0. The van der Waals surface area contributed by atoms with E-state index in [2.05, 4.69) is 0 Å². The monoisotopic (exact) mass is 325 g/mol. The molecule has 1 aliphatic heterocycles. The summed E-state index contributed by atoms with van der Waals surface area (Å²) in [7, 11) is 0. The van der Waals surface area contributed by atoms with E-state index in [9.17, 15) is 14.0 Å². The predicted molar refractivity (Wildman–Crippen MR) is 80.0 cm³/mol. The van der Waals surface area contributed by atoms with Crippen molar-refractivity contribution in [3.05, 3.63) is 34.6 Å². The number of nitrogens with zero attached hydrogens (tertiary/aromatic N) is 2. The highest BCUT2D eigenvalue weighted by Gasteiger charge is 2.48. The fourth-order valence-electron chi connectivity index (χ4n) is 2.61. The van der Waals surface area contributed by atoms with E-state index in [-0.39, 0.29) is 22.4 Å². The predicted octanol–water partition coefficient (Wildman–Crippen LogP) is 1.25. The second-order valence-corrected chi connectivity index (χ2v) is 6.27. The van der Waals surface area contributed by atoms with Crippen LogP contribution in [-0.4, -0.2) is 53.3 Å². The lowest BCUT2D eigenvalue weighted by Crippen LogP contribution is -2.55. The first-order valence-electron chi connectivity index (χ1n) is 7.23. The molecule has 118 valence electrons. The van der Waals surface area contributed by atoms with Gasteiger partial charge in [0.1, 0.15) is 5.82 Å². The minimum absolute atomic E-state index is 0.0283. The first-order valence-corrected chi connectivity index (χ1v) is 7.61. The molecule has 5 nitrogen and oxygen atoms in total. The summed E-state index contributed by atoms with van der Waals surface area (Å²) >= 11 is 5.92. The lowest BCUT2D eigenvalue weighted by Gasteiger charge is -2.36. The third-order valence-corrected chi connectivity index (χ3v) is 4.54. The number of hydrogen-bond donors (Lipinski definition) is 1. The third kappa shape index (κ3) is 2.80. The molecule has 0 unspecified atom stereocenters. The van der Waals surface area contributed by atoms with Gasteiger partial charge in [-0.15, -0.1) is 0 Å². The van der Waals surface area contributed by atoms with Crippen LogP contribution in [-0.2, 0) is 4.79 Å². The Balaban J connectivity index is 1.63. The van der Waals surface area contributed by atoms with Gasteiger partial charge in [0.05, 0.1) is 16.1 Å². The van der Waals surface area contributed by atoms with Gasteiger partial charge >= 0.3 is 0 Å². The zero-order chi connectivity index (χ0) is 15.9. The molecule has 7 heteroatoms. The van der Waals surface area contributed by atoms with E-state index in [1.807, 2.05) is 0 Å². The molecule has 0 atom stereocenters. The minimum atomic E-state index is -0.674. The van der Waals surface area contributed by atoms with Crippen molar-refractivity contribution in [1.29, 1.82) is 0 Å². The molecule has 2 N–H and O–H groups in total. The highest BCUT2D eigenvalue weighted by atomic mass is 35.5. The smallest absolute Gasteiger partial charge is 0.255 e. The highest BCUT2D eigenvalue weighted by molar-refractivity contribution is 6.33. The molecular formula is C15H17ClFN3O2. The van der Waals surface area contributed by atoms with Gasteiger partial charge in [-0.05, 0) is 31.0 Å². The minimum Gasteiger partial charge on any atom is -0.338 e. The van der Waals surface area contributed by atoms with Crippen molar-refractivity contribution < 1.29 is 14.0 Å². The molecule has 0 bridgehead atoms. The molecule has 2 aliphatic rings. The summed E-state index contributed by atoms with van der Waals surface area (Å²) in [6.45, 7) is 1.77. The van der Waals surface area contributed by atoms with E-state index in [0.717, 1.165) is 18.9 Å². The van der Waals surface area contributed by atoms with Crippen LogP contribution in [0.1, 0.15) is 23.2 Å². The summed E-state index contributed by atoms with van der Waals surface area (Å²) in [6, 6.07) is 3.72. The summed E-state index contributed by atoms with van der Waals surface area (Å²) in [6.07, 6.45) is 1.46. The van der Waals surface area contributed by atoms with Crippen molar-refractivity contribution in [2.24, 2.45) is 5.73 Å². The average molecular weight is 326 g/mol. The van der Waals surface area contributed by atoms with E-state index in [1.165, 1.54) is 12.1 Å². The number of carbonyl (C=O) groups excluding carboxylic acids is 2. The van der Waals surface area contributed by atoms with Gasteiger partial charge in [0.25, 0.3) is 5.91 Å². The second-order valence-electron chi connectivity index (χ2n) is 5.86. The van der Waals surface area contributed by atoms with Crippen LogP contribution in [0.2, 0.25) is 5.02 Å². The summed E-state index contributed by atoms with van der Waals surface area (Å²) in [5, 5.41) is 0.0994. The van der Waals surface area contributed by atoms with Crippen LogP contribution in [0.4, 0.5) is 4.39 Å². The van der Waals surface area contributed by atoms with Crippen molar-refractivity contribution >= 4 is 23.4 Å². The zero-order valence-electron chi connectivity index (χ0n) is 12.0. The van der Waals surface area contributed by atoms with Crippen LogP contribution in [0.5, 0.6) is 0 Å². The van der Waals surface area contributed by atoms with Crippen LogP contribution in [0.3, 0.4) is 0 Å². The molecule has 2 amide bonds. The first kappa shape index (κ1) is 15.2. The van der Waals surface area contributed by atoms with Gasteiger partial charge in [-0.25, -0.2) is 4.39 Å². The number of piperazine rings is 1. The average Bonchev–Trinajstić information content (AvgIpc) is 3.25. The Morgan fingerprint density at radius 2 is 1.73 bits per heavy atom. The van der Waals surface area contributed by atoms with E-state index >= 15 is 0 Å². The number of rotatable bonds is 2. The number of carbonyl (C=O) groups is 2. The molecule has 2 fully saturated rings. The Bertz CT molecular complexity index is 625. The fourth-order valence-corrected chi connectivity index (χ4v) is 2.86. The molecule has 0 radical (unpaired) electrons. The topological polar surface area (TPSA) is 66.6 Å². The molecule has 1 aliphatic carbocycles. The first-order chi connectivity index (χ1) is 10.4. The fraction of sp³-hybridized carbons (Fsp3) is 0.467. The Labute approximate surface area is 132 Å². The van der Waals surface area contributed by atoms with Gasteiger partial charge in [-0.2, -0.15) is 0 Å². The zero-order valence-corrected chi connectivity index (χ0v) is 12.8. The molecule has 1 saturated carbocycles. The molecule has 1 aromatic rings. The summed E-state index contributed by atoms with van der Waals surface area (Å²) in [5.74, 6) is -0.750. The van der Waals surface area contributed by atoms with Gasteiger partial charge in [0, 0.05) is 26.2 Å². The molecule has 1 heterocycles. The van der Waals surface area contributed by atoms with Gasteiger partial charge < -0.3 is 15.5 Å². The van der Waals surface area contributed by atoms with Gasteiger partial charge in [0.15, 0.2) is 0 Å². The standard InChI is InChI=1S/C15H17ClFN3O2/c16-12-9-10(17)1-2-11(12)13(21)19-5-7-20(8-6-19)14(22)15(18)3-4-15/h1-2,9H,3-8,18H2. The van der Waals surface area contributed by atoms with Crippen LogP contribution >= 0.6 is 11.6 Å². The van der Waals surface area contributed by atoms with Crippen molar-refractivity contribution in [2.75, 3.05) is 26.2 Å². The summed E-state index contributed by atoms with van der Waals surface area (Å²) in [4.78, 5) is 27.9. The lowest BCUT2D eigenvalue weighted by molar-refractivity contribution is -0.135. The quantitative estimate of drug-likeness (QED) is 0.890. The molecule has 0 spiro atoms. The summed E-state index contributed by atoms with van der Waals surface area (Å²) in [5.41, 5.74) is 5.52. The molecule has 0 aromatic heterocycles. The SMILES string of the molecule is NC1(C(=O)N2CCN(C(=O)c3ccc(F)cc3Cl)CC2)CC1. The Morgan fingerprint density at radius 1 is 1.14 bits per heavy atom. The lowest BCUT2D eigenvalue weighted by atomic mass is 10.1.